The summed E-state index contributed by atoms with van der Waals surface area (Å²) in [6.45, 7) is 3.01. The van der Waals surface area contributed by atoms with Gasteiger partial charge in [0, 0.05) is 0 Å². The quantitative estimate of drug-likeness (QED) is 0.730. The Morgan fingerprint density at radius 2 is 1.50 bits per heavy atom. The van der Waals surface area contributed by atoms with Gasteiger partial charge in [0.2, 0.25) is 0 Å². The number of hydrogen-bond donors (Lipinski definition) is 0. The molecule has 0 amide bonds. The fourth-order valence-electron chi connectivity index (χ4n) is 2.00. The molecule has 0 saturated carbocycles. The van der Waals surface area contributed by atoms with Gasteiger partial charge in [0.25, 0.3) is 0 Å². The van der Waals surface area contributed by atoms with Gasteiger partial charge in [-0.1, -0.05) is 55.5 Å². The van der Waals surface area contributed by atoms with E-state index in [9.17, 15) is 0 Å². The highest BCUT2D eigenvalue weighted by Gasteiger charge is 2.08. The van der Waals surface area contributed by atoms with E-state index in [4.69, 9.17) is 4.74 Å². The summed E-state index contributed by atoms with van der Waals surface area (Å²) in [6, 6.07) is 20.7. The molecule has 0 aromatic heterocycles. The van der Waals surface area contributed by atoms with Crippen molar-refractivity contribution in [3.8, 4) is 5.75 Å². The van der Waals surface area contributed by atoms with Gasteiger partial charge in [-0.3, -0.25) is 0 Å². The standard InChI is InChI=1S/C17H20O/c1-2-15(13-16-9-5-3-6-10-16)14-18-17-11-7-4-8-12-17/h3-12,15H,2,13-14H2,1H3/t15-/m1/s1. The van der Waals surface area contributed by atoms with E-state index >= 15 is 0 Å². The Balaban J connectivity index is 1.86. The van der Waals surface area contributed by atoms with Gasteiger partial charge >= 0.3 is 0 Å². The third-order valence-electron chi connectivity index (χ3n) is 3.17. The van der Waals surface area contributed by atoms with E-state index in [2.05, 4.69) is 37.3 Å². The highest BCUT2D eigenvalue weighted by molar-refractivity contribution is 5.21. The predicted molar refractivity (Wildman–Crippen MR) is 75.9 cm³/mol. The van der Waals surface area contributed by atoms with Crippen LogP contribution in [0.25, 0.3) is 0 Å². The van der Waals surface area contributed by atoms with E-state index in [1.54, 1.807) is 0 Å². The maximum atomic E-state index is 5.83. The number of ether oxygens (including phenoxy) is 1. The van der Waals surface area contributed by atoms with Gasteiger partial charge in [-0.15, -0.1) is 0 Å². The minimum atomic E-state index is 0.576. The van der Waals surface area contributed by atoms with Crippen molar-refractivity contribution in [2.75, 3.05) is 6.61 Å². The van der Waals surface area contributed by atoms with Crippen molar-refractivity contribution in [2.24, 2.45) is 5.92 Å². The summed E-state index contributed by atoms with van der Waals surface area (Å²) in [5.41, 5.74) is 1.39. The third-order valence-corrected chi connectivity index (χ3v) is 3.17. The zero-order valence-electron chi connectivity index (χ0n) is 10.9. The lowest BCUT2D eigenvalue weighted by Crippen LogP contribution is -2.14. The molecule has 0 aliphatic carbocycles. The molecule has 1 heteroatoms. The molecule has 0 bridgehead atoms. The topological polar surface area (TPSA) is 9.23 Å². The first-order valence-corrected chi connectivity index (χ1v) is 6.60. The van der Waals surface area contributed by atoms with Gasteiger partial charge in [-0.25, -0.2) is 0 Å². The molecule has 0 radical (unpaired) electrons. The molecule has 2 aromatic carbocycles. The Hall–Kier alpha value is -1.76. The van der Waals surface area contributed by atoms with Crippen LogP contribution in [0.3, 0.4) is 0 Å². The maximum absolute atomic E-state index is 5.83. The van der Waals surface area contributed by atoms with Gasteiger partial charge < -0.3 is 4.74 Å². The number of hydrogen-bond acceptors (Lipinski definition) is 1. The Bertz CT molecular complexity index is 436. The zero-order valence-corrected chi connectivity index (χ0v) is 10.9. The summed E-state index contributed by atoms with van der Waals surface area (Å²) >= 11 is 0. The van der Waals surface area contributed by atoms with Gasteiger partial charge in [-0.2, -0.15) is 0 Å². The van der Waals surface area contributed by atoms with Crippen molar-refractivity contribution in [1.82, 2.24) is 0 Å². The Morgan fingerprint density at radius 3 is 2.11 bits per heavy atom. The normalized spacial score (nSPS) is 12.1. The van der Waals surface area contributed by atoms with E-state index < -0.39 is 0 Å². The van der Waals surface area contributed by atoms with E-state index in [1.807, 2.05) is 30.3 Å². The minimum Gasteiger partial charge on any atom is -0.493 e. The van der Waals surface area contributed by atoms with Crippen LogP contribution < -0.4 is 4.74 Å². The first-order valence-electron chi connectivity index (χ1n) is 6.60. The summed E-state index contributed by atoms with van der Waals surface area (Å²) in [5.74, 6) is 1.54. The highest BCUT2D eigenvalue weighted by Crippen LogP contribution is 2.15. The Kier molecular flexibility index (Phi) is 4.83. The molecular formula is C17H20O. The molecular weight excluding hydrogens is 220 g/mol. The average molecular weight is 240 g/mol. The molecule has 1 atom stereocenters. The van der Waals surface area contributed by atoms with Crippen molar-refractivity contribution >= 4 is 0 Å². The van der Waals surface area contributed by atoms with Crippen LogP contribution in [0.1, 0.15) is 18.9 Å². The van der Waals surface area contributed by atoms with Gasteiger partial charge in [0.1, 0.15) is 5.75 Å². The monoisotopic (exact) mass is 240 g/mol. The first-order chi connectivity index (χ1) is 8.88. The molecule has 0 spiro atoms. The van der Waals surface area contributed by atoms with Gasteiger partial charge in [-0.05, 0) is 36.5 Å². The van der Waals surface area contributed by atoms with Crippen molar-refractivity contribution < 1.29 is 4.74 Å². The SMILES string of the molecule is CC[C@@H](COc1ccccc1)Cc1ccccc1. The first kappa shape index (κ1) is 12.7. The van der Waals surface area contributed by atoms with E-state index in [0.717, 1.165) is 25.2 Å². The van der Waals surface area contributed by atoms with Crippen molar-refractivity contribution in [2.45, 2.75) is 19.8 Å². The van der Waals surface area contributed by atoms with Crippen LogP contribution in [-0.2, 0) is 6.42 Å². The van der Waals surface area contributed by atoms with Crippen LogP contribution in [-0.4, -0.2) is 6.61 Å². The number of benzene rings is 2. The molecule has 2 rings (SSSR count). The maximum Gasteiger partial charge on any atom is 0.119 e. The van der Waals surface area contributed by atoms with Crippen molar-refractivity contribution in [3.05, 3.63) is 66.2 Å². The zero-order chi connectivity index (χ0) is 12.6. The van der Waals surface area contributed by atoms with Crippen LogP contribution in [0, 0.1) is 5.92 Å². The van der Waals surface area contributed by atoms with E-state index in [-0.39, 0.29) is 0 Å². The van der Waals surface area contributed by atoms with E-state index in [1.165, 1.54) is 5.56 Å². The summed E-state index contributed by atoms with van der Waals surface area (Å²) in [7, 11) is 0. The second-order valence-corrected chi connectivity index (χ2v) is 4.59. The molecule has 0 aliphatic rings. The molecule has 1 nitrogen and oxygen atoms in total. The molecule has 2 aromatic rings. The van der Waals surface area contributed by atoms with Crippen LogP contribution in [0.2, 0.25) is 0 Å². The van der Waals surface area contributed by atoms with Gasteiger partial charge in [0.05, 0.1) is 6.61 Å². The van der Waals surface area contributed by atoms with Gasteiger partial charge in [0.15, 0.2) is 0 Å². The summed E-state index contributed by atoms with van der Waals surface area (Å²) in [5, 5.41) is 0. The number of para-hydroxylation sites is 1. The summed E-state index contributed by atoms with van der Waals surface area (Å²) < 4.78 is 5.83. The van der Waals surface area contributed by atoms with Crippen molar-refractivity contribution in [1.29, 1.82) is 0 Å². The molecule has 0 N–H and O–H groups in total. The smallest absolute Gasteiger partial charge is 0.119 e. The van der Waals surface area contributed by atoms with Crippen LogP contribution in [0.5, 0.6) is 5.75 Å². The Labute approximate surface area is 109 Å². The molecule has 18 heavy (non-hydrogen) atoms. The summed E-state index contributed by atoms with van der Waals surface area (Å²) in [4.78, 5) is 0. The second kappa shape index (κ2) is 6.85. The lowest BCUT2D eigenvalue weighted by molar-refractivity contribution is 0.244. The Morgan fingerprint density at radius 1 is 0.889 bits per heavy atom. The number of rotatable bonds is 6. The molecule has 0 unspecified atom stereocenters. The second-order valence-electron chi connectivity index (χ2n) is 4.59. The predicted octanol–water partition coefficient (Wildman–Crippen LogP) is 4.33. The van der Waals surface area contributed by atoms with Crippen LogP contribution in [0.4, 0.5) is 0 Å². The highest BCUT2D eigenvalue weighted by atomic mass is 16.5. The van der Waals surface area contributed by atoms with E-state index in [0.29, 0.717) is 5.92 Å². The summed E-state index contributed by atoms with van der Waals surface area (Å²) in [6.07, 6.45) is 2.23. The van der Waals surface area contributed by atoms with Crippen LogP contribution >= 0.6 is 0 Å². The third kappa shape index (κ3) is 3.92. The average Bonchev–Trinajstić information content (AvgIpc) is 2.45. The molecule has 0 heterocycles. The molecule has 0 fully saturated rings. The molecule has 0 aliphatic heterocycles. The minimum absolute atomic E-state index is 0.576. The lowest BCUT2D eigenvalue weighted by Gasteiger charge is -2.16. The fourth-order valence-corrected chi connectivity index (χ4v) is 2.00. The molecule has 94 valence electrons. The van der Waals surface area contributed by atoms with Crippen molar-refractivity contribution in [3.63, 3.8) is 0 Å². The van der Waals surface area contributed by atoms with Crippen LogP contribution in [0.15, 0.2) is 60.7 Å². The fraction of sp³-hybridized carbons (Fsp3) is 0.294. The molecule has 0 saturated heterocycles. The lowest BCUT2D eigenvalue weighted by atomic mass is 9.98. The largest absolute Gasteiger partial charge is 0.493 e.